The van der Waals surface area contributed by atoms with E-state index in [1.807, 2.05) is 41.3 Å². The maximum Gasteiger partial charge on any atom is 0.276 e. The van der Waals surface area contributed by atoms with Gasteiger partial charge in [-0.2, -0.15) is 0 Å². The van der Waals surface area contributed by atoms with E-state index >= 15 is 0 Å². The van der Waals surface area contributed by atoms with Crippen LogP contribution in [0.4, 0.5) is 0 Å². The Kier molecular flexibility index (Phi) is 4.13. The Labute approximate surface area is 154 Å². The molecule has 0 aliphatic carbocycles. The molecule has 1 aliphatic rings. The molecule has 0 bridgehead atoms. The third kappa shape index (κ3) is 3.09. The lowest BCUT2D eigenvalue weighted by Gasteiger charge is -2.34. The first-order chi connectivity index (χ1) is 12.1. The predicted molar refractivity (Wildman–Crippen MR) is 98.5 cm³/mol. The van der Waals surface area contributed by atoms with Gasteiger partial charge in [0, 0.05) is 17.1 Å². The SMILES string of the molecule is CC1Cc2ccccc2CN1C(=O)c1cn(-c2ccc(Br)cc2)nn1. The fraction of sp³-hybridized carbons (Fsp3) is 0.211. The molecule has 2 aromatic carbocycles. The van der Waals surface area contributed by atoms with Crippen LogP contribution in [0.3, 0.4) is 0 Å². The first-order valence-corrected chi connectivity index (χ1v) is 8.97. The Balaban J connectivity index is 1.58. The van der Waals surface area contributed by atoms with Crippen molar-refractivity contribution in [2.45, 2.75) is 25.9 Å². The van der Waals surface area contributed by atoms with Gasteiger partial charge in [0.05, 0.1) is 11.9 Å². The van der Waals surface area contributed by atoms with Gasteiger partial charge < -0.3 is 4.90 Å². The lowest BCUT2D eigenvalue weighted by Crippen LogP contribution is -2.42. The van der Waals surface area contributed by atoms with Gasteiger partial charge in [-0.15, -0.1) is 5.10 Å². The number of hydrogen-bond acceptors (Lipinski definition) is 3. The number of hydrogen-bond donors (Lipinski definition) is 0. The summed E-state index contributed by atoms with van der Waals surface area (Å²) in [6, 6.07) is 16.1. The average molecular weight is 397 g/mol. The largest absolute Gasteiger partial charge is 0.330 e. The Morgan fingerprint density at radius 3 is 2.60 bits per heavy atom. The molecule has 3 aromatic rings. The minimum atomic E-state index is -0.0784. The Morgan fingerprint density at radius 1 is 1.12 bits per heavy atom. The van der Waals surface area contributed by atoms with Crippen LogP contribution < -0.4 is 0 Å². The molecular formula is C19H17BrN4O. The number of carbonyl (C=O) groups is 1. The molecular weight excluding hydrogens is 380 g/mol. The summed E-state index contributed by atoms with van der Waals surface area (Å²) in [4.78, 5) is 14.8. The highest BCUT2D eigenvalue weighted by molar-refractivity contribution is 9.10. The number of carbonyl (C=O) groups excluding carboxylic acids is 1. The van der Waals surface area contributed by atoms with Gasteiger partial charge in [-0.3, -0.25) is 4.79 Å². The summed E-state index contributed by atoms with van der Waals surface area (Å²) in [5.41, 5.74) is 3.76. The maximum absolute atomic E-state index is 12.9. The zero-order valence-corrected chi connectivity index (χ0v) is 15.3. The Morgan fingerprint density at radius 2 is 1.84 bits per heavy atom. The van der Waals surface area contributed by atoms with Crippen molar-refractivity contribution in [1.29, 1.82) is 0 Å². The molecule has 5 nitrogen and oxygen atoms in total. The number of rotatable bonds is 2. The molecule has 0 spiro atoms. The molecule has 2 heterocycles. The summed E-state index contributed by atoms with van der Waals surface area (Å²) >= 11 is 3.41. The van der Waals surface area contributed by atoms with E-state index in [-0.39, 0.29) is 11.9 Å². The van der Waals surface area contributed by atoms with Gasteiger partial charge in [0.1, 0.15) is 0 Å². The van der Waals surface area contributed by atoms with Crippen molar-refractivity contribution in [2.24, 2.45) is 0 Å². The molecule has 126 valence electrons. The predicted octanol–water partition coefficient (Wildman–Crippen LogP) is 3.62. The van der Waals surface area contributed by atoms with Gasteiger partial charge in [0.2, 0.25) is 0 Å². The van der Waals surface area contributed by atoms with Gasteiger partial charge in [-0.25, -0.2) is 4.68 Å². The van der Waals surface area contributed by atoms with Gasteiger partial charge in [0.25, 0.3) is 5.91 Å². The molecule has 0 N–H and O–H groups in total. The smallest absolute Gasteiger partial charge is 0.276 e. The second kappa shape index (κ2) is 6.44. The zero-order chi connectivity index (χ0) is 17.4. The van der Waals surface area contributed by atoms with Crippen molar-refractivity contribution in [3.63, 3.8) is 0 Å². The third-order valence-corrected chi connectivity index (χ3v) is 5.10. The lowest BCUT2D eigenvalue weighted by atomic mass is 9.94. The average Bonchev–Trinajstić information content (AvgIpc) is 3.11. The highest BCUT2D eigenvalue weighted by Gasteiger charge is 2.28. The summed E-state index contributed by atoms with van der Waals surface area (Å²) in [5.74, 6) is -0.0784. The summed E-state index contributed by atoms with van der Waals surface area (Å²) in [5, 5.41) is 8.20. The van der Waals surface area contributed by atoms with Crippen molar-refractivity contribution in [3.8, 4) is 5.69 Å². The topological polar surface area (TPSA) is 51.0 Å². The summed E-state index contributed by atoms with van der Waals surface area (Å²) in [7, 11) is 0. The second-order valence-electron chi connectivity index (χ2n) is 6.28. The molecule has 1 unspecified atom stereocenters. The van der Waals surface area contributed by atoms with Crippen LogP contribution in [0, 0.1) is 0 Å². The molecule has 6 heteroatoms. The van der Waals surface area contributed by atoms with Crippen molar-refractivity contribution in [2.75, 3.05) is 0 Å². The molecule has 0 saturated carbocycles. The van der Waals surface area contributed by atoms with E-state index in [0.29, 0.717) is 12.2 Å². The standard InChI is InChI=1S/C19H17BrN4O/c1-13-10-14-4-2-3-5-15(14)11-23(13)19(25)18-12-24(22-21-18)17-8-6-16(20)7-9-17/h2-9,12-13H,10-11H2,1H3. The minimum absolute atomic E-state index is 0.0784. The summed E-state index contributed by atoms with van der Waals surface area (Å²) in [6.45, 7) is 2.69. The molecule has 1 aromatic heterocycles. The molecule has 4 rings (SSSR count). The minimum Gasteiger partial charge on any atom is -0.330 e. The summed E-state index contributed by atoms with van der Waals surface area (Å²) in [6.07, 6.45) is 2.56. The van der Waals surface area contributed by atoms with Crippen LogP contribution in [-0.2, 0) is 13.0 Å². The fourth-order valence-corrected chi connectivity index (χ4v) is 3.44. The van der Waals surface area contributed by atoms with E-state index in [2.05, 4.69) is 45.3 Å². The van der Waals surface area contributed by atoms with Crippen molar-refractivity contribution >= 4 is 21.8 Å². The lowest BCUT2D eigenvalue weighted by molar-refractivity contribution is 0.0652. The van der Waals surface area contributed by atoms with Gasteiger partial charge in [-0.1, -0.05) is 45.4 Å². The Hall–Kier alpha value is -2.47. The van der Waals surface area contributed by atoms with Crippen LogP contribution in [0.25, 0.3) is 5.69 Å². The Bertz CT molecular complexity index is 919. The molecule has 1 atom stereocenters. The fourth-order valence-electron chi connectivity index (χ4n) is 3.18. The molecule has 1 aliphatic heterocycles. The summed E-state index contributed by atoms with van der Waals surface area (Å²) < 4.78 is 2.62. The van der Waals surface area contributed by atoms with E-state index in [1.165, 1.54) is 11.1 Å². The zero-order valence-electron chi connectivity index (χ0n) is 13.8. The van der Waals surface area contributed by atoms with E-state index in [0.717, 1.165) is 16.6 Å². The van der Waals surface area contributed by atoms with Crippen molar-refractivity contribution < 1.29 is 4.79 Å². The van der Waals surface area contributed by atoms with Crippen molar-refractivity contribution in [1.82, 2.24) is 19.9 Å². The third-order valence-electron chi connectivity index (χ3n) is 4.57. The number of amides is 1. The first kappa shape index (κ1) is 16.0. The van der Waals surface area contributed by atoms with E-state index in [4.69, 9.17) is 0 Å². The molecule has 1 amide bonds. The quantitative estimate of drug-likeness (QED) is 0.664. The highest BCUT2D eigenvalue weighted by Crippen LogP contribution is 2.24. The van der Waals surface area contributed by atoms with Crippen LogP contribution in [-0.4, -0.2) is 31.8 Å². The van der Waals surface area contributed by atoms with Crippen LogP contribution in [0.1, 0.15) is 28.5 Å². The monoisotopic (exact) mass is 396 g/mol. The number of halogens is 1. The highest BCUT2D eigenvalue weighted by atomic mass is 79.9. The number of fused-ring (bicyclic) bond motifs is 1. The first-order valence-electron chi connectivity index (χ1n) is 8.18. The number of aromatic nitrogens is 3. The van der Waals surface area contributed by atoms with Gasteiger partial charge in [-0.05, 0) is 48.7 Å². The van der Waals surface area contributed by atoms with Crippen LogP contribution >= 0.6 is 15.9 Å². The van der Waals surface area contributed by atoms with E-state index < -0.39 is 0 Å². The van der Waals surface area contributed by atoms with Crippen LogP contribution in [0.5, 0.6) is 0 Å². The van der Waals surface area contributed by atoms with Gasteiger partial charge >= 0.3 is 0 Å². The van der Waals surface area contributed by atoms with Crippen molar-refractivity contribution in [3.05, 3.63) is 76.0 Å². The van der Waals surface area contributed by atoms with Crippen LogP contribution in [0.2, 0.25) is 0 Å². The van der Waals surface area contributed by atoms with Crippen LogP contribution in [0.15, 0.2) is 59.2 Å². The normalized spacial score (nSPS) is 16.6. The number of benzene rings is 2. The maximum atomic E-state index is 12.9. The number of nitrogens with zero attached hydrogens (tertiary/aromatic N) is 4. The molecule has 0 fully saturated rings. The second-order valence-corrected chi connectivity index (χ2v) is 7.20. The molecule has 0 radical (unpaired) electrons. The van der Waals surface area contributed by atoms with E-state index in [9.17, 15) is 4.79 Å². The molecule has 0 saturated heterocycles. The molecule has 25 heavy (non-hydrogen) atoms. The van der Waals surface area contributed by atoms with Gasteiger partial charge in [0.15, 0.2) is 5.69 Å². The van der Waals surface area contributed by atoms with E-state index in [1.54, 1.807) is 10.9 Å².